The fourth-order valence-corrected chi connectivity index (χ4v) is 2.40. The fraction of sp³-hybridized carbons (Fsp3) is 0.211. The number of nitrogens with one attached hydrogen (secondary N) is 2. The third-order valence-corrected chi connectivity index (χ3v) is 3.70. The van der Waals surface area contributed by atoms with Crippen molar-refractivity contribution < 1.29 is 19.1 Å². The van der Waals surface area contributed by atoms with E-state index in [2.05, 4.69) is 15.4 Å². The summed E-state index contributed by atoms with van der Waals surface area (Å²) in [6, 6.07) is 10.6. The minimum absolute atomic E-state index is 0.0485. The van der Waals surface area contributed by atoms with Crippen LogP contribution in [0.1, 0.15) is 44.9 Å². The molecule has 0 saturated heterocycles. The molecule has 0 radical (unpaired) electrons. The minimum Gasteiger partial charge on any atom is -0.465 e. The first-order chi connectivity index (χ1) is 12.3. The average Bonchev–Trinajstić information content (AvgIpc) is 2.60. The van der Waals surface area contributed by atoms with Gasteiger partial charge in [-0.05, 0) is 56.3 Å². The Balaban J connectivity index is 2.24. The Labute approximate surface area is 156 Å². The van der Waals surface area contributed by atoms with E-state index in [0.29, 0.717) is 27.4 Å². The van der Waals surface area contributed by atoms with Crippen LogP contribution in [-0.4, -0.2) is 30.9 Å². The summed E-state index contributed by atoms with van der Waals surface area (Å²) >= 11 is 5.99. The maximum absolute atomic E-state index is 12.5. The van der Waals surface area contributed by atoms with Gasteiger partial charge in [0.1, 0.15) is 0 Å². The van der Waals surface area contributed by atoms with Gasteiger partial charge in [0.2, 0.25) is 0 Å². The Morgan fingerprint density at radius 1 is 0.962 bits per heavy atom. The lowest BCUT2D eigenvalue weighted by atomic mass is 10.1. The van der Waals surface area contributed by atoms with Gasteiger partial charge < -0.3 is 15.4 Å². The van der Waals surface area contributed by atoms with Crippen LogP contribution in [0, 0.1) is 0 Å². The number of benzene rings is 2. The highest BCUT2D eigenvalue weighted by Gasteiger charge is 2.16. The smallest absolute Gasteiger partial charge is 0.337 e. The molecule has 0 heterocycles. The number of esters is 1. The van der Waals surface area contributed by atoms with Gasteiger partial charge in [0, 0.05) is 16.6 Å². The van der Waals surface area contributed by atoms with Crippen molar-refractivity contribution in [2.45, 2.75) is 19.9 Å². The second-order valence-electron chi connectivity index (χ2n) is 5.84. The number of hydrogen-bond donors (Lipinski definition) is 2. The fourth-order valence-electron chi connectivity index (χ4n) is 2.23. The number of carbonyl (C=O) groups is 3. The SMILES string of the molecule is COC(=O)c1ccc(C(=O)Nc2cc(Cl)ccc2C(=O)NC(C)C)cc1. The van der Waals surface area contributed by atoms with Crippen molar-refractivity contribution in [3.63, 3.8) is 0 Å². The summed E-state index contributed by atoms with van der Waals surface area (Å²) in [6.45, 7) is 3.68. The minimum atomic E-state index is -0.487. The van der Waals surface area contributed by atoms with E-state index in [9.17, 15) is 14.4 Å². The Bertz CT molecular complexity index is 832. The Kier molecular flexibility index (Phi) is 6.36. The number of amides is 2. The van der Waals surface area contributed by atoms with Crippen molar-refractivity contribution in [2.24, 2.45) is 0 Å². The third kappa shape index (κ3) is 4.83. The summed E-state index contributed by atoms with van der Waals surface area (Å²) in [4.78, 5) is 36.2. The molecule has 0 spiro atoms. The first-order valence-corrected chi connectivity index (χ1v) is 8.29. The van der Waals surface area contributed by atoms with E-state index in [1.165, 1.54) is 37.4 Å². The molecule has 0 aliphatic heterocycles. The standard InChI is InChI=1S/C19H19ClN2O4/c1-11(2)21-18(24)15-9-8-14(20)10-16(15)22-17(23)12-4-6-13(7-5-12)19(25)26-3/h4-11H,1-3H3,(H,21,24)(H,22,23). The van der Waals surface area contributed by atoms with Crippen LogP contribution in [-0.2, 0) is 4.74 Å². The van der Waals surface area contributed by atoms with Gasteiger partial charge >= 0.3 is 5.97 Å². The van der Waals surface area contributed by atoms with Crippen LogP contribution in [0.15, 0.2) is 42.5 Å². The van der Waals surface area contributed by atoms with Gasteiger partial charge in [0.05, 0.1) is 23.9 Å². The van der Waals surface area contributed by atoms with E-state index in [-0.39, 0.29) is 11.9 Å². The molecular formula is C19H19ClN2O4. The molecule has 0 bridgehead atoms. The predicted octanol–water partition coefficient (Wildman–Crippen LogP) is 3.52. The number of rotatable bonds is 5. The molecule has 6 nitrogen and oxygen atoms in total. The predicted molar refractivity (Wildman–Crippen MR) is 99.8 cm³/mol. The van der Waals surface area contributed by atoms with E-state index < -0.39 is 11.9 Å². The highest BCUT2D eigenvalue weighted by Crippen LogP contribution is 2.22. The van der Waals surface area contributed by atoms with Gasteiger partial charge in [-0.2, -0.15) is 0 Å². The third-order valence-electron chi connectivity index (χ3n) is 3.46. The Hall–Kier alpha value is -2.86. The van der Waals surface area contributed by atoms with Crippen molar-refractivity contribution >= 4 is 35.1 Å². The van der Waals surface area contributed by atoms with Crippen LogP contribution in [0.2, 0.25) is 5.02 Å². The molecule has 0 aliphatic rings. The van der Waals surface area contributed by atoms with Crippen molar-refractivity contribution in [3.05, 3.63) is 64.2 Å². The van der Waals surface area contributed by atoms with Crippen molar-refractivity contribution in [3.8, 4) is 0 Å². The number of methoxy groups -OCH3 is 1. The molecule has 0 saturated carbocycles. The molecule has 0 fully saturated rings. The van der Waals surface area contributed by atoms with Crippen LogP contribution in [0.4, 0.5) is 5.69 Å². The maximum Gasteiger partial charge on any atom is 0.337 e. The molecule has 136 valence electrons. The molecule has 26 heavy (non-hydrogen) atoms. The summed E-state index contributed by atoms with van der Waals surface area (Å²) in [5.41, 5.74) is 1.27. The molecule has 2 rings (SSSR count). The maximum atomic E-state index is 12.5. The van der Waals surface area contributed by atoms with Gasteiger partial charge in [0.25, 0.3) is 11.8 Å². The average molecular weight is 375 g/mol. The van der Waals surface area contributed by atoms with Gasteiger partial charge in [-0.3, -0.25) is 9.59 Å². The van der Waals surface area contributed by atoms with Crippen LogP contribution in [0.25, 0.3) is 0 Å². The van der Waals surface area contributed by atoms with E-state index in [0.717, 1.165) is 0 Å². The number of carbonyl (C=O) groups excluding carboxylic acids is 3. The molecule has 0 unspecified atom stereocenters. The van der Waals surface area contributed by atoms with Crippen molar-refractivity contribution in [1.29, 1.82) is 0 Å². The molecule has 2 amide bonds. The van der Waals surface area contributed by atoms with Gasteiger partial charge in [-0.25, -0.2) is 4.79 Å². The molecule has 2 N–H and O–H groups in total. The van der Waals surface area contributed by atoms with E-state index in [1.54, 1.807) is 12.1 Å². The zero-order chi connectivity index (χ0) is 19.3. The largest absolute Gasteiger partial charge is 0.465 e. The van der Waals surface area contributed by atoms with E-state index in [4.69, 9.17) is 11.6 Å². The monoisotopic (exact) mass is 374 g/mol. The van der Waals surface area contributed by atoms with Gasteiger partial charge in [-0.1, -0.05) is 11.6 Å². The highest BCUT2D eigenvalue weighted by atomic mass is 35.5. The molecular weight excluding hydrogens is 356 g/mol. The first kappa shape index (κ1) is 19.5. The summed E-state index contributed by atoms with van der Waals surface area (Å²) in [5, 5.41) is 5.85. The zero-order valence-corrected chi connectivity index (χ0v) is 15.4. The van der Waals surface area contributed by atoms with E-state index in [1.807, 2.05) is 13.8 Å². The number of ether oxygens (including phenoxy) is 1. The summed E-state index contributed by atoms with van der Waals surface area (Å²) in [5.74, 6) is -1.23. The Morgan fingerprint density at radius 2 is 1.58 bits per heavy atom. The topological polar surface area (TPSA) is 84.5 Å². The normalized spacial score (nSPS) is 10.3. The van der Waals surface area contributed by atoms with Crippen molar-refractivity contribution in [1.82, 2.24) is 5.32 Å². The van der Waals surface area contributed by atoms with Crippen LogP contribution >= 0.6 is 11.6 Å². The number of halogens is 1. The van der Waals surface area contributed by atoms with Crippen LogP contribution in [0.3, 0.4) is 0 Å². The van der Waals surface area contributed by atoms with Crippen molar-refractivity contribution in [2.75, 3.05) is 12.4 Å². The molecule has 0 atom stereocenters. The second-order valence-corrected chi connectivity index (χ2v) is 6.28. The second kappa shape index (κ2) is 8.49. The van der Waals surface area contributed by atoms with Crippen LogP contribution in [0.5, 0.6) is 0 Å². The highest BCUT2D eigenvalue weighted by molar-refractivity contribution is 6.31. The van der Waals surface area contributed by atoms with Gasteiger partial charge in [-0.15, -0.1) is 0 Å². The molecule has 2 aromatic carbocycles. The molecule has 2 aromatic rings. The lowest BCUT2D eigenvalue weighted by molar-refractivity contribution is 0.0600. The Morgan fingerprint density at radius 3 is 2.15 bits per heavy atom. The quantitative estimate of drug-likeness (QED) is 0.784. The van der Waals surface area contributed by atoms with Gasteiger partial charge in [0.15, 0.2) is 0 Å². The first-order valence-electron chi connectivity index (χ1n) is 7.92. The van der Waals surface area contributed by atoms with Crippen LogP contribution < -0.4 is 10.6 Å². The molecule has 0 aromatic heterocycles. The summed E-state index contributed by atoms with van der Waals surface area (Å²) in [7, 11) is 1.28. The zero-order valence-electron chi connectivity index (χ0n) is 14.6. The van der Waals surface area contributed by atoms with E-state index >= 15 is 0 Å². The summed E-state index contributed by atoms with van der Waals surface area (Å²) < 4.78 is 4.62. The number of hydrogen-bond acceptors (Lipinski definition) is 4. The lowest BCUT2D eigenvalue weighted by Crippen LogP contribution is -2.31. The molecule has 7 heteroatoms. The molecule has 0 aliphatic carbocycles. The lowest BCUT2D eigenvalue weighted by Gasteiger charge is -2.14. The summed E-state index contributed by atoms with van der Waals surface area (Å²) in [6.07, 6.45) is 0. The number of anilines is 1.